The Morgan fingerprint density at radius 2 is 2.37 bits per heavy atom. The molecule has 0 aromatic rings. The van der Waals surface area contributed by atoms with Gasteiger partial charge in [0, 0.05) is 19.6 Å². The minimum atomic E-state index is 0.00288. The SMILES string of the molecule is COC[C@H](NC(=O)[C@@H]1C[C@H]2C=C[C@H]1C2)[C@H]1CCCO1. The molecule has 0 aromatic carbocycles. The van der Waals surface area contributed by atoms with Gasteiger partial charge in [0.2, 0.25) is 5.91 Å². The number of fused-ring (bicyclic) bond motifs is 2. The van der Waals surface area contributed by atoms with E-state index < -0.39 is 0 Å². The van der Waals surface area contributed by atoms with E-state index in [-0.39, 0.29) is 24.0 Å². The van der Waals surface area contributed by atoms with Crippen molar-refractivity contribution in [3.8, 4) is 0 Å². The molecule has 3 rings (SSSR count). The average molecular weight is 265 g/mol. The van der Waals surface area contributed by atoms with Crippen LogP contribution in [0, 0.1) is 17.8 Å². The van der Waals surface area contributed by atoms with Gasteiger partial charge in [0.25, 0.3) is 0 Å². The summed E-state index contributed by atoms with van der Waals surface area (Å²) in [6, 6.07) is 0.00288. The number of nitrogens with one attached hydrogen (secondary N) is 1. The molecule has 2 aliphatic carbocycles. The van der Waals surface area contributed by atoms with Gasteiger partial charge in [-0.2, -0.15) is 0 Å². The van der Waals surface area contributed by atoms with Gasteiger partial charge in [-0.05, 0) is 37.5 Å². The van der Waals surface area contributed by atoms with E-state index in [2.05, 4.69) is 17.5 Å². The Morgan fingerprint density at radius 1 is 1.47 bits per heavy atom. The largest absolute Gasteiger partial charge is 0.382 e. The zero-order chi connectivity index (χ0) is 13.2. The number of hydrogen-bond donors (Lipinski definition) is 1. The molecule has 4 nitrogen and oxygen atoms in total. The molecule has 106 valence electrons. The number of methoxy groups -OCH3 is 1. The lowest BCUT2D eigenvalue weighted by molar-refractivity contribution is -0.128. The Labute approximate surface area is 114 Å². The van der Waals surface area contributed by atoms with Crippen LogP contribution < -0.4 is 5.32 Å². The molecule has 1 saturated carbocycles. The van der Waals surface area contributed by atoms with Crippen LogP contribution in [0.5, 0.6) is 0 Å². The Balaban J connectivity index is 1.58. The van der Waals surface area contributed by atoms with Crippen molar-refractivity contribution < 1.29 is 14.3 Å². The molecule has 0 aromatic heterocycles. The van der Waals surface area contributed by atoms with Crippen LogP contribution in [-0.4, -0.2) is 38.4 Å². The van der Waals surface area contributed by atoms with Crippen molar-refractivity contribution in [1.82, 2.24) is 5.32 Å². The topological polar surface area (TPSA) is 47.6 Å². The molecule has 1 N–H and O–H groups in total. The Morgan fingerprint density at radius 3 is 2.95 bits per heavy atom. The number of rotatable bonds is 5. The van der Waals surface area contributed by atoms with Crippen LogP contribution in [0.3, 0.4) is 0 Å². The molecule has 4 heteroatoms. The van der Waals surface area contributed by atoms with Gasteiger partial charge in [0.15, 0.2) is 0 Å². The zero-order valence-corrected chi connectivity index (χ0v) is 11.5. The normalized spacial score (nSPS) is 37.7. The van der Waals surface area contributed by atoms with E-state index in [9.17, 15) is 4.79 Å². The van der Waals surface area contributed by atoms with Crippen molar-refractivity contribution in [2.75, 3.05) is 20.3 Å². The molecule has 2 bridgehead atoms. The van der Waals surface area contributed by atoms with Crippen molar-refractivity contribution in [3.05, 3.63) is 12.2 Å². The van der Waals surface area contributed by atoms with Gasteiger partial charge in [-0.15, -0.1) is 0 Å². The van der Waals surface area contributed by atoms with Crippen LogP contribution in [0.4, 0.5) is 0 Å². The Kier molecular flexibility index (Phi) is 3.89. The highest BCUT2D eigenvalue weighted by Gasteiger charge is 2.41. The highest BCUT2D eigenvalue weighted by atomic mass is 16.5. The second-order valence-corrected chi connectivity index (χ2v) is 6.01. The lowest BCUT2D eigenvalue weighted by Crippen LogP contribution is -2.48. The number of carbonyl (C=O) groups is 1. The third kappa shape index (κ3) is 2.70. The predicted octanol–water partition coefficient (Wildman–Crippen LogP) is 1.51. The minimum absolute atomic E-state index is 0.00288. The molecule has 0 radical (unpaired) electrons. The van der Waals surface area contributed by atoms with Crippen LogP contribution in [-0.2, 0) is 14.3 Å². The fraction of sp³-hybridized carbons (Fsp3) is 0.800. The molecule has 1 aliphatic heterocycles. The first-order valence-electron chi connectivity index (χ1n) is 7.37. The molecule has 1 heterocycles. The molecule has 1 amide bonds. The number of amides is 1. The molecule has 0 unspecified atom stereocenters. The van der Waals surface area contributed by atoms with Crippen molar-refractivity contribution in [2.45, 2.75) is 37.8 Å². The van der Waals surface area contributed by atoms with Crippen molar-refractivity contribution in [1.29, 1.82) is 0 Å². The molecular weight excluding hydrogens is 242 g/mol. The summed E-state index contributed by atoms with van der Waals surface area (Å²) in [7, 11) is 1.67. The van der Waals surface area contributed by atoms with E-state index in [0.29, 0.717) is 18.4 Å². The summed E-state index contributed by atoms with van der Waals surface area (Å²) in [6.45, 7) is 1.34. The second kappa shape index (κ2) is 5.63. The molecule has 5 atom stereocenters. The fourth-order valence-electron chi connectivity index (χ4n) is 3.71. The van der Waals surface area contributed by atoms with Gasteiger partial charge in [-0.1, -0.05) is 12.2 Å². The minimum Gasteiger partial charge on any atom is -0.382 e. The zero-order valence-electron chi connectivity index (χ0n) is 11.5. The van der Waals surface area contributed by atoms with E-state index in [1.165, 1.54) is 0 Å². The van der Waals surface area contributed by atoms with Gasteiger partial charge in [0.1, 0.15) is 0 Å². The lowest BCUT2D eigenvalue weighted by atomic mass is 9.92. The van der Waals surface area contributed by atoms with Crippen molar-refractivity contribution in [2.24, 2.45) is 17.8 Å². The predicted molar refractivity (Wildman–Crippen MR) is 71.6 cm³/mol. The molecule has 2 fully saturated rings. The van der Waals surface area contributed by atoms with E-state index in [1.54, 1.807) is 7.11 Å². The Hall–Kier alpha value is -0.870. The van der Waals surface area contributed by atoms with E-state index in [1.807, 2.05) is 0 Å². The first kappa shape index (κ1) is 13.1. The van der Waals surface area contributed by atoms with Gasteiger partial charge in [0.05, 0.1) is 18.8 Å². The summed E-state index contributed by atoms with van der Waals surface area (Å²) in [5, 5.41) is 3.16. The highest BCUT2D eigenvalue weighted by Crippen LogP contribution is 2.43. The van der Waals surface area contributed by atoms with E-state index in [0.717, 1.165) is 32.3 Å². The summed E-state index contributed by atoms with van der Waals surface area (Å²) in [4.78, 5) is 12.4. The van der Waals surface area contributed by atoms with Gasteiger partial charge >= 0.3 is 0 Å². The molecule has 1 saturated heterocycles. The molecule has 3 aliphatic rings. The van der Waals surface area contributed by atoms with Crippen molar-refractivity contribution in [3.63, 3.8) is 0 Å². The molecule has 19 heavy (non-hydrogen) atoms. The monoisotopic (exact) mass is 265 g/mol. The van der Waals surface area contributed by atoms with Crippen LogP contribution in [0.2, 0.25) is 0 Å². The summed E-state index contributed by atoms with van der Waals surface area (Å²) in [5.41, 5.74) is 0. The molecular formula is C15H23NO3. The lowest BCUT2D eigenvalue weighted by Gasteiger charge is -2.26. The first-order valence-corrected chi connectivity index (χ1v) is 7.37. The maximum atomic E-state index is 12.4. The third-order valence-corrected chi connectivity index (χ3v) is 4.70. The van der Waals surface area contributed by atoms with Crippen LogP contribution >= 0.6 is 0 Å². The van der Waals surface area contributed by atoms with Gasteiger partial charge in [-0.25, -0.2) is 0 Å². The average Bonchev–Trinajstić information content (AvgIpc) is 3.14. The first-order chi connectivity index (χ1) is 9.28. The van der Waals surface area contributed by atoms with Crippen LogP contribution in [0.1, 0.15) is 25.7 Å². The third-order valence-electron chi connectivity index (χ3n) is 4.70. The maximum Gasteiger partial charge on any atom is 0.224 e. The summed E-state index contributed by atoms with van der Waals surface area (Å²) in [6.07, 6.45) is 8.88. The smallest absolute Gasteiger partial charge is 0.224 e. The number of ether oxygens (including phenoxy) is 2. The number of carbonyl (C=O) groups excluding carboxylic acids is 1. The molecule has 0 spiro atoms. The van der Waals surface area contributed by atoms with Crippen molar-refractivity contribution >= 4 is 5.91 Å². The van der Waals surface area contributed by atoms with Crippen LogP contribution in [0.25, 0.3) is 0 Å². The number of hydrogen-bond acceptors (Lipinski definition) is 3. The van der Waals surface area contributed by atoms with Gasteiger partial charge < -0.3 is 14.8 Å². The number of allylic oxidation sites excluding steroid dienone is 2. The highest BCUT2D eigenvalue weighted by molar-refractivity contribution is 5.80. The van der Waals surface area contributed by atoms with Crippen LogP contribution in [0.15, 0.2) is 12.2 Å². The standard InChI is InChI=1S/C15H23NO3/c1-18-9-13(14-3-2-6-19-14)16-15(17)12-8-10-4-5-11(12)7-10/h4-5,10-14H,2-3,6-9H2,1H3,(H,16,17)/t10-,11-,12+,13-,14+/m0/s1. The maximum absolute atomic E-state index is 12.4. The second-order valence-electron chi connectivity index (χ2n) is 6.01. The van der Waals surface area contributed by atoms with Gasteiger partial charge in [-0.3, -0.25) is 4.79 Å². The fourth-order valence-corrected chi connectivity index (χ4v) is 3.71. The summed E-state index contributed by atoms with van der Waals surface area (Å²) < 4.78 is 10.9. The Bertz CT molecular complexity index is 362. The summed E-state index contributed by atoms with van der Waals surface area (Å²) in [5.74, 6) is 1.44. The summed E-state index contributed by atoms with van der Waals surface area (Å²) >= 11 is 0. The quantitative estimate of drug-likeness (QED) is 0.767. The van der Waals surface area contributed by atoms with E-state index in [4.69, 9.17) is 9.47 Å². The van der Waals surface area contributed by atoms with E-state index >= 15 is 0 Å².